The zero-order valence-corrected chi connectivity index (χ0v) is 18.0. The summed E-state index contributed by atoms with van der Waals surface area (Å²) in [5, 5.41) is 4.12. The van der Waals surface area contributed by atoms with Crippen LogP contribution in [0.3, 0.4) is 0 Å². The van der Waals surface area contributed by atoms with Crippen LogP contribution in [0.2, 0.25) is 0 Å². The van der Waals surface area contributed by atoms with E-state index in [4.69, 9.17) is 0 Å². The molecule has 0 N–H and O–H groups in total. The highest BCUT2D eigenvalue weighted by Crippen LogP contribution is 2.48. The molecule has 0 bridgehead atoms. The lowest BCUT2D eigenvalue weighted by Gasteiger charge is -2.28. The van der Waals surface area contributed by atoms with Gasteiger partial charge in [0.1, 0.15) is 23.3 Å². The molecule has 1 aliphatic carbocycles. The molecule has 0 unspecified atom stereocenters. The van der Waals surface area contributed by atoms with E-state index in [1.165, 1.54) is 24.4 Å². The maximum Gasteiger partial charge on any atom is 0.261 e. The lowest BCUT2D eigenvalue weighted by Crippen LogP contribution is -2.35. The van der Waals surface area contributed by atoms with Crippen molar-refractivity contribution < 1.29 is 21.6 Å². The molecule has 1 saturated carbocycles. The van der Waals surface area contributed by atoms with E-state index in [9.17, 15) is 21.6 Å². The maximum atomic E-state index is 14.5. The predicted octanol–water partition coefficient (Wildman–Crippen LogP) is 4.60. The molecule has 0 radical (unpaired) electrons. The van der Waals surface area contributed by atoms with Crippen molar-refractivity contribution in [3.63, 3.8) is 0 Å². The van der Waals surface area contributed by atoms with Crippen molar-refractivity contribution in [1.82, 2.24) is 9.19 Å². The molecule has 2 aliphatic rings. The lowest BCUT2D eigenvalue weighted by atomic mass is 10.0. The summed E-state index contributed by atoms with van der Waals surface area (Å²) in [6.45, 7) is 0.507. The van der Waals surface area contributed by atoms with Crippen molar-refractivity contribution in [1.29, 1.82) is 0 Å². The van der Waals surface area contributed by atoms with Crippen LogP contribution in [0, 0.1) is 17.5 Å². The summed E-state index contributed by atoms with van der Waals surface area (Å²) in [7, 11) is -3.88. The number of hydrogen-bond acceptors (Lipinski definition) is 4. The Morgan fingerprint density at radius 2 is 1.72 bits per heavy atom. The summed E-state index contributed by atoms with van der Waals surface area (Å²) in [6, 6.07) is 10.3. The van der Waals surface area contributed by atoms with Gasteiger partial charge in [-0.2, -0.15) is 5.10 Å². The van der Waals surface area contributed by atoms with Crippen LogP contribution in [0.1, 0.15) is 42.9 Å². The SMILES string of the molecule is O=S(=O)(n1nccc1N1CCC[C@@H]1c1cc(F)ccc1F)C1(Cc2ccc(F)cc2)CC1. The van der Waals surface area contributed by atoms with Crippen molar-refractivity contribution in [3.05, 3.63) is 83.3 Å². The first-order chi connectivity index (χ1) is 15.3. The van der Waals surface area contributed by atoms with Crippen LogP contribution in [0.4, 0.5) is 19.0 Å². The molecular weight excluding hydrogens is 439 g/mol. The van der Waals surface area contributed by atoms with Crippen LogP contribution < -0.4 is 4.90 Å². The van der Waals surface area contributed by atoms with Crippen molar-refractivity contribution in [2.45, 2.75) is 42.9 Å². The van der Waals surface area contributed by atoms with Crippen LogP contribution in [0.5, 0.6) is 0 Å². The van der Waals surface area contributed by atoms with E-state index in [1.54, 1.807) is 23.1 Å². The summed E-state index contributed by atoms with van der Waals surface area (Å²) in [5.41, 5.74) is 0.946. The summed E-state index contributed by atoms with van der Waals surface area (Å²) in [5.74, 6) is -1.08. The molecule has 1 atom stereocenters. The van der Waals surface area contributed by atoms with Gasteiger partial charge in [-0.3, -0.25) is 0 Å². The number of nitrogens with zero attached hydrogens (tertiary/aromatic N) is 3. The normalized spacial score (nSPS) is 20.0. The van der Waals surface area contributed by atoms with E-state index in [0.29, 0.717) is 38.0 Å². The molecule has 1 aromatic heterocycles. The molecule has 32 heavy (non-hydrogen) atoms. The predicted molar refractivity (Wildman–Crippen MR) is 114 cm³/mol. The first-order valence-electron chi connectivity index (χ1n) is 10.6. The molecule has 0 amide bonds. The van der Waals surface area contributed by atoms with E-state index in [0.717, 1.165) is 21.8 Å². The Balaban J connectivity index is 1.49. The second kappa shape index (κ2) is 7.65. The Kier molecular flexibility index (Phi) is 5.03. The summed E-state index contributed by atoms with van der Waals surface area (Å²) in [4.78, 5) is 1.79. The summed E-state index contributed by atoms with van der Waals surface area (Å²) < 4.78 is 68.9. The third-order valence-electron chi connectivity index (χ3n) is 6.48. The molecule has 5 rings (SSSR count). The Hall–Kier alpha value is -2.81. The Morgan fingerprint density at radius 3 is 2.44 bits per heavy atom. The fourth-order valence-electron chi connectivity index (χ4n) is 4.63. The zero-order chi connectivity index (χ0) is 22.5. The quantitative estimate of drug-likeness (QED) is 0.539. The monoisotopic (exact) mass is 461 g/mol. The average Bonchev–Trinajstić information content (AvgIpc) is 3.18. The van der Waals surface area contributed by atoms with Gasteiger partial charge in [0, 0.05) is 18.2 Å². The van der Waals surface area contributed by atoms with E-state index in [1.807, 2.05) is 0 Å². The largest absolute Gasteiger partial charge is 0.349 e. The highest BCUT2D eigenvalue weighted by Gasteiger charge is 2.56. The molecule has 1 aliphatic heterocycles. The van der Waals surface area contributed by atoms with Gasteiger partial charge < -0.3 is 4.90 Å². The number of hydrogen-bond donors (Lipinski definition) is 0. The number of anilines is 1. The minimum atomic E-state index is -3.88. The Morgan fingerprint density at radius 1 is 1.00 bits per heavy atom. The molecule has 1 saturated heterocycles. The van der Waals surface area contributed by atoms with Crippen molar-refractivity contribution >= 4 is 15.8 Å². The van der Waals surface area contributed by atoms with Gasteiger partial charge in [-0.05, 0) is 68.0 Å². The lowest BCUT2D eigenvalue weighted by molar-refractivity contribution is 0.549. The van der Waals surface area contributed by atoms with Crippen LogP contribution in [-0.2, 0) is 16.4 Å². The van der Waals surface area contributed by atoms with Gasteiger partial charge >= 0.3 is 0 Å². The van der Waals surface area contributed by atoms with Gasteiger partial charge in [-0.1, -0.05) is 12.1 Å². The van der Waals surface area contributed by atoms with E-state index >= 15 is 0 Å². The number of benzene rings is 2. The standard InChI is InChI=1S/C23H22F3N3O2S/c24-17-5-3-16(4-6-17)15-23(10-11-23)32(30,31)29-22(9-12-27-29)28-13-1-2-21(28)19-14-18(25)7-8-20(19)26/h3-9,12,14,21H,1-2,10-11,13,15H2/t21-/m1/s1. The zero-order valence-electron chi connectivity index (χ0n) is 17.2. The minimum absolute atomic E-state index is 0.208. The van der Waals surface area contributed by atoms with Gasteiger partial charge in [0.25, 0.3) is 10.0 Å². The Bertz CT molecular complexity index is 1250. The second-order valence-electron chi connectivity index (χ2n) is 8.54. The smallest absolute Gasteiger partial charge is 0.261 e. The van der Waals surface area contributed by atoms with Gasteiger partial charge in [-0.15, -0.1) is 4.09 Å². The van der Waals surface area contributed by atoms with Gasteiger partial charge in [0.05, 0.1) is 17.0 Å². The maximum absolute atomic E-state index is 14.5. The molecule has 3 aromatic rings. The Labute approximate surface area is 184 Å². The van der Waals surface area contributed by atoms with Gasteiger partial charge in [-0.25, -0.2) is 21.6 Å². The van der Waals surface area contributed by atoms with Gasteiger partial charge in [0.2, 0.25) is 0 Å². The average molecular weight is 462 g/mol. The van der Waals surface area contributed by atoms with Crippen LogP contribution in [-0.4, -0.2) is 28.9 Å². The first-order valence-corrected chi connectivity index (χ1v) is 12.0. The van der Waals surface area contributed by atoms with E-state index in [2.05, 4.69) is 5.10 Å². The summed E-state index contributed by atoms with van der Waals surface area (Å²) in [6.07, 6.45) is 3.93. The molecule has 168 valence electrons. The molecule has 9 heteroatoms. The third kappa shape index (κ3) is 3.48. The molecule has 0 spiro atoms. The highest BCUT2D eigenvalue weighted by atomic mass is 32.2. The first kappa shape index (κ1) is 21.1. The van der Waals surface area contributed by atoms with Crippen LogP contribution in [0.25, 0.3) is 0 Å². The molecule has 2 fully saturated rings. The van der Waals surface area contributed by atoms with Crippen LogP contribution in [0.15, 0.2) is 54.7 Å². The fourth-order valence-corrected chi connectivity index (χ4v) is 6.56. The number of aromatic nitrogens is 2. The topological polar surface area (TPSA) is 55.2 Å². The van der Waals surface area contributed by atoms with Gasteiger partial charge in [0.15, 0.2) is 0 Å². The highest BCUT2D eigenvalue weighted by molar-refractivity contribution is 7.91. The summed E-state index contributed by atoms with van der Waals surface area (Å²) >= 11 is 0. The van der Waals surface area contributed by atoms with Crippen molar-refractivity contribution in [2.75, 3.05) is 11.4 Å². The van der Waals surface area contributed by atoms with Crippen LogP contribution >= 0.6 is 0 Å². The minimum Gasteiger partial charge on any atom is -0.349 e. The molecule has 2 aromatic carbocycles. The van der Waals surface area contributed by atoms with Crippen molar-refractivity contribution in [2.24, 2.45) is 0 Å². The van der Waals surface area contributed by atoms with Crippen molar-refractivity contribution in [3.8, 4) is 0 Å². The fraction of sp³-hybridized carbons (Fsp3) is 0.348. The van der Waals surface area contributed by atoms with E-state index < -0.39 is 32.4 Å². The molecule has 2 heterocycles. The third-order valence-corrected chi connectivity index (χ3v) is 8.86. The molecular formula is C23H22F3N3O2S. The van der Waals surface area contributed by atoms with E-state index in [-0.39, 0.29) is 17.8 Å². The number of halogens is 3. The second-order valence-corrected chi connectivity index (χ2v) is 10.7. The number of rotatable bonds is 6. The molecule has 5 nitrogen and oxygen atoms in total.